The predicted octanol–water partition coefficient (Wildman–Crippen LogP) is 3.35. The second-order valence-corrected chi connectivity index (χ2v) is 5.69. The average Bonchev–Trinajstić information content (AvgIpc) is 3.30. The topological polar surface area (TPSA) is 43.4 Å². The lowest BCUT2D eigenvalue weighted by atomic mass is 10.1. The molecule has 1 fully saturated rings. The Bertz CT molecular complexity index is 664. The summed E-state index contributed by atoms with van der Waals surface area (Å²) in [6.07, 6.45) is 0. The van der Waals surface area contributed by atoms with Crippen LogP contribution in [0.15, 0.2) is 60.7 Å². The lowest BCUT2D eigenvalue weighted by Gasteiger charge is -2.04. The zero-order valence-electron chi connectivity index (χ0n) is 12.4. The quantitative estimate of drug-likeness (QED) is 0.794. The summed E-state index contributed by atoms with van der Waals surface area (Å²) >= 11 is 0. The third kappa shape index (κ3) is 2.93. The fraction of sp³-hybridized carbons (Fsp3) is 0.263. The Balaban J connectivity index is 1.68. The van der Waals surface area contributed by atoms with Crippen LogP contribution < -0.4 is 0 Å². The van der Waals surface area contributed by atoms with Crippen molar-refractivity contribution in [1.82, 2.24) is 0 Å². The molecule has 3 rings (SSSR count). The zero-order chi connectivity index (χ0) is 15.5. The number of Topliss-reactive ketones (excluding diaryl/α,β-unsaturated/α-hetero) is 1. The van der Waals surface area contributed by atoms with E-state index in [-0.39, 0.29) is 36.1 Å². The fourth-order valence-electron chi connectivity index (χ4n) is 3.02. The van der Waals surface area contributed by atoms with Crippen LogP contribution in [0.5, 0.6) is 0 Å². The molecule has 3 heteroatoms. The van der Waals surface area contributed by atoms with E-state index < -0.39 is 0 Å². The highest BCUT2D eigenvalue weighted by molar-refractivity contribution is 5.92. The molecule has 112 valence electrons. The first-order valence-corrected chi connectivity index (χ1v) is 7.44. The van der Waals surface area contributed by atoms with Gasteiger partial charge in [-0.25, -0.2) is 0 Å². The molecule has 3 atom stereocenters. The monoisotopic (exact) mass is 294 g/mol. The maximum absolute atomic E-state index is 12.3. The van der Waals surface area contributed by atoms with E-state index in [9.17, 15) is 9.59 Å². The van der Waals surface area contributed by atoms with E-state index in [0.29, 0.717) is 0 Å². The number of hydrogen-bond donors (Lipinski definition) is 0. The van der Waals surface area contributed by atoms with Crippen LogP contribution >= 0.6 is 0 Å². The first-order valence-electron chi connectivity index (χ1n) is 7.44. The summed E-state index contributed by atoms with van der Waals surface area (Å²) < 4.78 is 5.39. The molecule has 0 amide bonds. The van der Waals surface area contributed by atoms with Crippen LogP contribution in [0.4, 0.5) is 0 Å². The molecule has 1 aliphatic rings. The largest absolute Gasteiger partial charge is 0.461 e. The molecule has 22 heavy (non-hydrogen) atoms. The Morgan fingerprint density at radius 3 is 2.09 bits per heavy atom. The van der Waals surface area contributed by atoms with Gasteiger partial charge in [0.2, 0.25) is 0 Å². The smallest absolute Gasteiger partial charge is 0.310 e. The molecule has 0 bridgehead atoms. The summed E-state index contributed by atoms with van der Waals surface area (Å²) in [5, 5.41) is 0. The summed E-state index contributed by atoms with van der Waals surface area (Å²) in [7, 11) is 0. The molecule has 3 nitrogen and oxygen atoms in total. The minimum atomic E-state index is -0.344. The fourth-order valence-corrected chi connectivity index (χ4v) is 3.02. The molecule has 2 aromatic rings. The maximum atomic E-state index is 12.3. The number of hydrogen-bond acceptors (Lipinski definition) is 3. The minimum absolute atomic E-state index is 0.0398. The van der Waals surface area contributed by atoms with Crippen molar-refractivity contribution in [2.45, 2.75) is 19.4 Å². The summed E-state index contributed by atoms with van der Waals surface area (Å²) in [5.41, 5.74) is 1.98. The molecule has 1 saturated carbocycles. The highest BCUT2D eigenvalue weighted by atomic mass is 16.5. The van der Waals surface area contributed by atoms with E-state index >= 15 is 0 Å². The van der Waals surface area contributed by atoms with Gasteiger partial charge >= 0.3 is 5.97 Å². The van der Waals surface area contributed by atoms with E-state index in [2.05, 4.69) is 0 Å². The number of rotatable bonds is 5. The van der Waals surface area contributed by atoms with Crippen molar-refractivity contribution >= 4 is 11.8 Å². The van der Waals surface area contributed by atoms with Gasteiger partial charge in [-0.15, -0.1) is 0 Å². The van der Waals surface area contributed by atoms with Crippen molar-refractivity contribution < 1.29 is 14.3 Å². The third-order valence-corrected chi connectivity index (χ3v) is 4.17. The summed E-state index contributed by atoms with van der Waals surface area (Å²) in [6.45, 7) is 1.80. The van der Waals surface area contributed by atoms with E-state index in [4.69, 9.17) is 4.74 Å². The van der Waals surface area contributed by atoms with Crippen LogP contribution in [0.2, 0.25) is 0 Å². The predicted molar refractivity (Wildman–Crippen MR) is 83.1 cm³/mol. The van der Waals surface area contributed by atoms with E-state index in [0.717, 1.165) is 11.1 Å². The van der Waals surface area contributed by atoms with Gasteiger partial charge in [-0.3, -0.25) is 9.59 Å². The van der Waals surface area contributed by atoms with Gasteiger partial charge in [0.05, 0.1) is 5.92 Å². The molecule has 0 heterocycles. The number of ether oxygens (including phenoxy) is 1. The van der Waals surface area contributed by atoms with Crippen LogP contribution in [-0.2, 0) is 20.9 Å². The van der Waals surface area contributed by atoms with Crippen molar-refractivity contribution in [2.24, 2.45) is 11.8 Å². The molecule has 0 aromatic heterocycles. The highest BCUT2D eigenvalue weighted by Gasteiger charge is 2.58. The van der Waals surface area contributed by atoms with Crippen LogP contribution in [0.25, 0.3) is 0 Å². The normalized spacial score (nSPS) is 22.9. The van der Waals surface area contributed by atoms with Gasteiger partial charge in [0, 0.05) is 11.8 Å². The lowest BCUT2D eigenvalue weighted by molar-refractivity contribution is -0.147. The third-order valence-electron chi connectivity index (χ3n) is 4.17. The van der Waals surface area contributed by atoms with Crippen LogP contribution in [0.1, 0.15) is 24.0 Å². The van der Waals surface area contributed by atoms with Gasteiger partial charge in [0.1, 0.15) is 12.4 Å². The second-order valence-electron chi connectivity index (χ2n) is 5.69. The standard InChI is InChI=1S/C19H18O3/c1-13(20)16-17(15-10-6-3-7-11-15)18(16)19(21)22-12-14-8-4-2-5-9-14/h2-11,16-18H,12H2,1H3/t16-,17-,18-/m0/s1. The number of esters is 1. The first-order chi connectivity index (χ1) is 10.7. The number of ketones is 1. The highest BCUT2D eigenvalue weighted by Crippen LogP contribution is 2.55. The Morgan fingerprint density at radius 2 is 1.50 bits per heavy atom. The minimum Gasteiger partial charge on any atom is -0.461 e. The van der Waals surface area contributed by atoms with Crippen LogP contribution in [-0.4, -0.2) is 11.8 Å². The van der Waals surface area contributed by atoms with Crippen LogP contribution in [0, 0.1) is 11.8 Å². The van der Waals surface area contributed by atoms with Gasteiger partial charge < -0.3 is 4.74 Å². The van der Waals surface area contributed by atoms with E-state index in [1.165, 1.54) is 0 Å². The maximum Gasteiger partial charge on any atom is 0.310 e. The van der Waals surface area contributed by atoms with Gasteiger partial charge in [-0.05, 0) is 18.1 Å². The summed E-state index contributed by atoms with van der Waals surface area (Å²) in [6, 6.07) is 19.3. The molecule has 0 spiro atoms. The average molecular weight is 294 g/mol. The molecule has 0 saturated heterocycles. The molecule has 0 aliphatic heterocycles. The zero-order valence-corrected chi connectivity index (χ0v) is 12.4. The molecular formula is C19H18O3. The van der Waals surface area contributed by atoms with Crippen molar-refractivity contribution in [3.05, 3.63) is 71.8 Å². The van der Waals surface area contributed by atoms with E-state index in [1.807, 2.05) is 60.7 Å². The van der Waals surface area contributed by atoms with Gasteiger partial charge in [0.15, 0.2) is 0 Å². The van der Waals surface area contributed by atoms with Gasteiger partial charge in [-0.2, -0.15) is 0 Å². The molecular weight excluding hydrogens is 276 g/mol. The summed E-state index contributed by atoms with van der Waals surface area (Å²) in [5.74, 6) is -0.857. The lowest BCUT2D eigenvalue weighted by Crippen LogP contribution is -2.10. The first kappa shape index (κ1) is 14.5. The molecule has 1 aliphatic carbocycles. The number of benzene rings is 2. The Kier molecular flexibility index (Phi) is 4.05. The molecule has 0 radical (unpaired) electrons. The van der Waals surface area contributed by atoms with Crippen LogP contribution in [0.3, 0.4) is 0 Å². The number of carbonyl (C=O) groups excluding carboxylic acids is 2. The van der Waals surface area contributed by atoms with Crippen molar-refractivity contribution in [2.75, 3.05) is 0 Å². The number of carbonyl (C=O) groups is 2. The Hall–Kier alpha value is -2.42. The van der Waals surface area contributed by atoms with Crippen molar-refractivity contribution in [3.63, 3.8) is 0 Å². The van der Waals surface area contributed by atoms with Crippen molar-refractivity contribution in [3.8, 4) is 0 Å². The van der Waals surface area contributed by atoms with E-state index in [1.54, 1.807) is 6.92 Å². The molecule has 0 N–H and O–H groups in total. The Labute approximate surface area is 129 Å². The van der Waals surface area contributed by atoms with Gasteiger partial charge in [0.25, 0.3) is 0 Å². The summed E-state index contributed by atoms with van der Waals surface area (Å²) in [4.78, 5) is 24.1. The molecule has 2 aromatic carbocycles. The van der Waals surface area contributed by atoms with Crippen molar-refractivity contribution in [1.29, 1.82) is 0 Å². The van der Waals surface area contributed by atoms with Gasteiger partial charge in [-0.1, -0.05) is 60.7 Å². The Morgan fingerprint density at radius 1 is 0.909 bits per heavy atom. The molecule has 0 unspecified atom stereocenters. The SMILES string of the molecule is CC(=O)[C@@H]1[C@H](C(=O)OCc2ccccc2)[C@H]1c1ccccc1. The second kappa shape index (κ2) is 6.14.